The fourth-order valence-electron chi connectivity index (χ4n) is 3.87. The number of para-hydroxylation sites is 1. The minimum Gasteiger partial charge on any atom is -0.350 e. The molecule has 2 heterocycles. The second-order valence-corrected chi connectivity index (χ2v) is 7.56. The molecule has 1 aliphatic heterocycles. The van der Waals surface area contributed by atoms with Crippen LogP contribution in [0.25, 0.3) is 10.9 Å². The number of carbonyl (C=O) groups excluding carboxylic acids is 2. The first-order valence-corrected chi connectivity index (χ1v) is 10.0. The van der Waals surface area contributed by atoms with Crippen molar-refractivity contribution in [1.29, 1.82) is 0 Å². The number of piperazine rings is 1. The largest absolute Gasteiger partial charge is 0.350 e. The average molecular weight is 390 g/mol. The van der Waals surface area contributed by atoms with Gasteiger partial charge < -0.3 is 10.3 Å². The third kappa shape index (κ3) is 4.55. The van der Waals surface area contributed by atoms with E-state index in [4.69, 9.17) is 0 Å². The van der Waals surface area contributed by atoms with Gasteiger partial charge >= 0.3 is 0 Å². The number of Topliss-reactive ketones (excluding diaryl/α,β-unsaturated/α-hetero) is 1. The number of benzene rings is 2. The van der Waals surface area contributed by atoms with Crippen LogP contribution in [0.4, 0.5) is 5.69 Å². The number of ketones is 1. The summed E-state index contributed by atoms with van der Waals surface area (Å²) < 4.78 is 0. The lowest BCUT2D eigenvalue weighted by Crippen LogP contribution is -2.48. The predicted molar refractivity (Wildman–Crippen MR) is 115 cm³/mol. The van der Waals surface area contributed by atoms with E-state index >= 15 is 0 Å². The summed E-state index contributed by atoms with van der Waals surface area (Å²) in [5.41, 5.74) is 3.20. The molecule has 1 saturated heterocycles. The fourth-order valence-corrected chi connectivity index (χ4v) is 3.87. The summed E-state index contributed by atoms with van der Waals surface area (Å²) in [5, 5.41) is 3.83. The standard InChI is InChI=1S/C23H26N4O2/c1-17(28)22-23(19-9-5-6-10-20(19)24-22)25-21(29)16-27-13-11-26(12-14-27)15-18-7-3-2-4-8-18/h2-10,24H,11-16H2,1H3,(H,25,29). The molecule has 150 valence electrons. The maximum Gasteiger partial charge on any atom is 0.238 e. The lowest BCUT2D eigenvalue weighted by Gasteiger charge is -2.34. The number of hydrogen-bond acceptors (Lipinski definition) is 4. The Balaban J connectivity index is 1.35. The number of aromatic amines is 1. The molecule has 4 rings (SSSR count). The van der Waals surface area contributed by atoms with Gasteiger partial charge in [0.2, 0.25) is 5.91 Å². The van der Waals surface area contributed by atoms with Crippen LogP contribution in [0, 0.1) is 0 Å². The van der Waals surface area contributed by atoms with Gasteiger partial charge in [0.05, 0.1) is 12.2 Å². The smallest absolute Gasteiger partial charge is 0.238 e. The number of amides is 1. The van der Waals surface area contributed by atoms with Crippen molar-refractivity contribution in [3.8, 4) is 0 Å². The highest BCUT2D eigenvalue weighted by Gasteiger charge is 2.21. The van der Waals surface area contributed by atoms with Gasteiger partial charge in [0.25, 0.3) is 0 Å². The van der Waals surface area contributed by atoms with Gasteiger partial charge in [0.1, 0.15) is 5.69 Å². The number of anilines is 1. The average Bonchev–Trinajstić information content (AvgIpc) is 3.09. The van der Waals surface area contributed by atoms with Gasteiger partial charge in [-0.05, 0) is 11.6 Å². The Kier molecular flexibility index (Phi) is 5.74. The van der Waals surface area contributed by atoms with Gasteiger partial charge in [-0.25, -0.2) is 0 Å². The molecule has 0 unspecified atom stereocenters. The summed E-state index contributed by atoms with van der Waals surface area (Å²) in [7, 11) is 0. The van der Waals surface area contributed by atoms with Crippen LogP contribution >= 0.6 is 0 Å². The molecule has 2 N–H and O–H groups in total. The Morgan fingerprint density at radius 3 is 2.31 bits per heavy atom. The topological polar surface area (TPSA) is 68.4 Å². The molecule has 0 atom stereocenters. The molecule has 1 fully saturated rings. The molecule has 0 bridgehead atoms. The van der Waals surface area contributed by atoms with Crippen molar-refractivity contribution >= 4 is 28.3 Å². The summed E-state index contributed by atoms with van der Waals surface area (Å²) in [4.78, 5) is 32.4. The predicted octanol–water partition coefficient (Wildman–Crippen LogP) is 3.13. The summed E-state index contributed by atoms with van der Waals surface area (Å²) in [6.45, 7) is 6.36. The van der Waals surface area contributed by atoms with Gasteiger partial charge in [0, 0.05) is 50.6 Å². The number of hydrogen-bond donors (Lipinski definition) is 2. The highest BCUT2D eigenvalue weighted by atomic mass is 16.2. The molecule has 1 amide bonds. The van der Waals surface area contributed by atoms with Crippen molar-refractivity contribution in [2.45, 2.75) is 13.5 Å². The number of fused-ring (bicyclic) bond motifs is 1. The van der Waals surface area contributed by atoms with Gasteiger partial charge in [0.15, 0.2) is 5.78 Å². The normalized spacial score (nSPS) is 15.5. The first-order chi connectivity index (χ1) is 14.1. The quantitative estimate of drug-likeness (QED) is 0.635. The minimum atomic E-state index is -0.0916. The Morgan fingerprint density at radius 1 is 0.931 bits per heavy atom. The van der Waals surface area contributed by atoms with E-state index < -0.39 is 0 Å². The van der Waals surface area contributed by atoms with E-state index in [0.717, 1.165) is 43.6 Å². The van der Waals surface area contributed by atoms with Gasteiger partial charge in [-0.1, -0.05) is 48.5 Å². The minimum absolute atomic E-state index is 0.0891. The zero-order valence-corrected chi connectivity index (χ0v) is 16.6. The van der Waals surface area contributed by atoms with Crippen molar-refractivity contribution in [3.63, 3.8) is 0 Å². The van der Waals surface area contributed by atoms with E-state index in [1.165, 1.54) is 12.5 Å². The SMILES string of the molecule is CC(=O)c1[nH]c2ccccc2c1NC(=O)CN1CCN(Cc2ccccc2)CC1. The summed E-state index contributed by atoms with van der Waals surface area (Å²) in [6.07, 6.45) is 0. The van der Waals surface area contributed by atoms with E-state index in [2.05, 4.69) is 44.4 Å². The first-order valence-electron chi connectivity index (χ1n) is 10.0. The number of carbonyl (C=O) groups is 2. The van der Waals surface area contributed by atoms with E-state index in [1.807, 2.05) is 30.3 Å². The van der Waals surface area contributed by atoms with Crippen LogP contribution in [0.1, 0.15) is 23.0 Å². The van der Waals surface area contributed by atoms with E-state index in [1.54, 1.807) is 0 Å². The Labute approximate surface area is 170 Å². The maximum atomic E-state index is 12.7. The van der Waals surface area contributed by atoms with Gasteiger partial charge in [-0.15, -0.1) is 0 Å². The zero-order chi connectivity index (χ0) is 20.2. The molecule has 1 aromatic heterocycles. The highest BCUT2D eigenvalue weighted by Crippen LogP contribution is 2.28. The fraction of sp³-hybridized carbons (Fsp3) is 0.304. The van der Waals surface area contributed by atoms with E-state index in [-0.39, 0.29) is 11.7 Å². The maximum absolute atomic E-state index is 12.7. The van der Waals surface area contributed by atoms with Crippen molar-refractivity contribution < 1.29 is 9.59 Å². The number of nitrogens with zero attached hydrogens (tertiary/aromatic N) is 2. The van der Waals surface area contributed by atoms with Crippen molar-refractivity contribution in [3.05, 3.63) is 65.9 Å². The van der Waals surface area contributed by atoms with Crippen LogP contribution in [0.2, 0.25) is 0 Å². The zero-order valence-electron chi connectivity index (χ0n) is 16.6. The molecule has 0 aliphatic carbocycles. The molecule has 2 aromatic carbocycles. The molecular weight excluding hydrogens is 364 g/mol. The summed E-state index contributed by atoms with van der Waals surface area (Å²) >= 11 is 0. The molecule has 0 radical (unpaired) electrons. The van der Waals surface area contributed by atoms with Crippen molar-refractivity contribution in [1.82, 2.24) is 14.8 Å². The molecule has 29 heavy (non-hydrogen) atoms. The highest BCUT2D eigenvalue weighted by molar-refractivity contribution is 6.12. The Bertz CT molecular complexity index is 1000. The molecule has 6 nitrogen and oxygen atoms in total. The van der Waals surface area contributed by atoms with Crippen LogP contribution in [0.5, 0.6) is 0 Å². The monoisotopic (exact) mass is 390 g/mol. The molecule has 1 aliphatic rings. The molecular formula is C23H26N4O2. The third-order valence-corrected chi connectivity index (χ3v) is 5.40. The van der Waals surface area contributed by atoms with Crippen LogP contribution in [-0.2, 0) is 11.3 Å². The van der Waals surface area contributed by atoms with E-state index in [0.29, 0.717) is 17.9 Å². The number of aromatic nitrogens is 1. The molecule has 3 aromatic rings. The second kappa shape index (κ2) is 8.59. The van der Waals surface area contributed by atoms with E-state index in [9.17, 15) is 9.59 Å². The van der Waals surface area contributed by atoms with Crippen molar-refractivity contribution in [2.24, 2.45) is 0 Å². The molecule has 0 saturated carbocycles. The molecule has 0 spiro atoms. The van der Waals surface area contributed by atoms with Crippen LogP contribution in [0.15, 0.2) is 54.6 Å². The third-order valence-electron chi connectivity index (χ3n) is 5.40. The first kappa shape index (κ1) is 19.4. The Morgan fingerprint density at radius 2 is 1.59 bits per heavy atom. The number of rotatable bonds is 6. The number of H-pyrrole nitrogens is 1. The number of nitrogens with one attached hydrogen (secondary N) is 2. The second-order valence-electron chi connectivity index (χ2n) is 7.56. The van der Waals surface area contributed by atoms with Crippen molar-refractivity contribution in [2.75, 3.05) is 38.0 Å². The lowest BCUT2D eigenvalue weighted by atomic mass is 10.2. The van der Waals surface area contributed by atoms with Crippen LogP contribution in [0.3, 0.4) is 0 Å². The van der Waals surface area contributed by atoms with Gasteiger partial charge in [-0.3, -0.25) is 19.4 Å². The molecule has 6 heteroatoms. The summed E-state index contributed by atoms with van der Waals surface area (Å²) in [6, 6.07) is 18.1. The Hall–Kier alpha value is -2.96. The van der Waals surface area contributed by atoms with Crippen LogP contribution in [-0.4, -0.2) is 59.2 Å². The van der Waals surface area contributed by atoms with Crippen LogP contribution < -0.4 is 5.32 Å². The summed E-state index contributed by atoms with van der Waals surface area (Å²) in [5.74, 6) is -0.181. The lowest BCUT2D eigenvalue weighted by molar-refractivity contribution is -0.117. The van der Waals surface area contributed by atoms with Gasteiger partial charge in [-0.2, -0.15) is 0 Å².